The minimum absolute atomic E-state index is 0.0168. The zero-order chi connectivity index (χ0) is 24.9. The van der Waals surface area contributed by atoms with E-state index >= 15 is 4.39 Å². The minimum atomic E-state index is -2.01. The number of hydrogen-bond donors (Lipinski definition) is 1. The first-order valence-corrected chi connectivity index (χ1v) is 12.1. The van der Waals surface area contributed by atoms with Gasteiger partial charge in [0, 0.05) is 23.7 Å². The molecule has 34 heavy (non-hydrogen) atoms. The molecule has 4 aliphatic carbocycles. The molecule has 3 saturated carbocycles. The summed E-state index contributed by atoms with van der Waals surface area (Å²) in [4.78, 5) is 37.1. The number of Topliss-reactive ketones (excluding diaryl/α,β-unsaturated/α-hetero) is 1. The average Bonchev–Trinajstić information content (AvgIpc) is 3.14. The van der Waals surface area contributed by atoms with Crippen LogP contribution in [0.2, 0.25) is 0 Å². The van der Waals surface area contributed by atoms with Crippen molar-refractivity contribution in [3.05, 3.63) is 23.8 Å². The van der Waals surface area contributed by atoms with E-state index in [1.54, 1.807) is 26.8 Å². The maximum atomic E-state index is 17.3. The van der Waals surface area contributed by atoms with Crippen LogP contribution in [0.25, 0.3) is 0 Å². The Labute approximate surface area is 198 Å². The van der Waals surface area contributed by atoms with E-state index in [-0.39, 0.29) is 18.1 Å². The highest BCUT2D eigenvalue weighted by Crippen LogP contribution is 2.72. The first-order chi connectivity index (χ1) is 15.7. The summed E-state index contributed by atoms with van der Waals surface area (Å²) in [7, 11) is 0. The Morgan fingerprint density at radius 3 is 2.62 bits per heavy atom. The molecule has 1 aliphatic heterocycles. The molecule has 186 valence electrons. The van der Waals surface area contributed by atoms with Gasteiger partial charge in [0.2, 0.25) is 5.78 Å². The van der Waals surface area contributed by atoms with Crippen molar-refractivity contribution in [1.82, 2.24) is 0 Å². The van der Waals surface area contributed by atoms with E-state index in [1.807, 2.05) is 6.92 Å². The fraction of sp³-hybridized carbons (Fsp3) is 0.731. The zero-order valence-corrected chi connectivity index (χ0v) is 20.4. The second-order valence-corrected chi connectivity index (χ2v) is 11.5. The van der Waals surface area contributed by atoms with Crippen molar-refractivity contribution in [2.75, 3.05) is 6.61 Å². The highest BCUT2D eigenvalue weighted by molar-refractivity contribution is 6.01. The van der Waals surface area contributed by atoms with Gasteiger partial charge in [-0.3, -0.25) is 14.4 Å². The number of carbonyl (C=O) groups excluding carboxylic acids is 3. The Bertz CT molecular complexity index is 1030. The van der Waals surface area contributed by atoms with E-state index in [0.29, 0.717) is 24.8 Å². The predicted molar refractivity (Wildman–Crippen MR) is 118 cm³/mol. The molecule has 0 bridgehead atoms. The number of aliphatic hydroxyl groups is 1. The van der Waals surface area contributed by atoms with Crippen LogP contribution in [0.4, 0.5) is 4.39 Å². The number of esters is 1. The third-order valence-corrected chi connectivity index (χ3v) is 9.45. The highest BCUT2D eigenvalue weighted by Gasteiger charge is 2.80. The number of ether oxygens (including phenoxy) is 3. The van der Waals surface area contributed by atoms with Crippen LogP contribution < -0.4 is 0 Å². The molecular formula is C26H33FO7. The topological polar surface area (TPSA) is 99.1 Å². The van der Waals surface area contributed by atoms with Crippen LogP contribution >= 0.6 is 0 Å². The smallest absolute Gasteiger partial charge is 0.303 e. The van der Waals surface area contributed by atoms with Gasteiger partial charge in [0.1, 0.15) is 0 Å². The maximum absolute atomic E-state index is 17.3. The number of ketones is 2. The van der Waals surface area contributed by atoms with E-state index in [1.165, 1.54) is 19.1 Å². The summed E-state index contributed by atoms with van der Waals surface area (Å²) in [6.07, 6.45) is 3.81. The standard InChI is InChI=1S/C26H33FO7/c1-14(28)32-13-20(31)26-21(33-22(2,3)34-26)11-18-17-7-6-15-10-16(29)8-9-23(15,4)25(17,27)19(30)12-24(18,26)5/h8-10,17-19,21,30H,6-7,11-13H2,1-5H3/t17-,18-,19-,21-,23-,24-,25-,26-/m0/s1. The molecule has 0 radical (unpaired) electrons. The average molecular weight is 477 g/mol. The normalized spacial score (nSPS) is 48.3. The maximum Gasteiger partial charge on any atom is 0.303 e. The second-order valence-electron chi connectivity index (χ2n) is 11.5. The van der Waals surface area contributed by atoms with Crippen LogP contribution in [0.3, 0.4) is 0 Å². The second kappa shape index (κ2) is 7.08. The number of allylic oxidation sites excluding steroid dienone is 4. The van der Waals surface area contributed by atoms with Gasteiger partial charge in [0.15, 0.2) is 29.4 Å². The van der Waals surface area contributed by atoms with Crippen molar-refractivity contribution in [2.45, 2.75) is 89.6 Å². The van der Waals surface area contributed by atoms with Gasteiger partial charge in [-0.2, -0.15) is 0 Å². The summed E-state index contributed by atoms with van der Waals surface area (Å²) in [5, 5.41) is 11.5. The largest absolute Gasteiger partial charge is 0.458 e. The SMILES string of the molecule is CC(=O)OCC(=O)[C@]12OC(C)(C)O[C@H]1C[C@H]1[C@@H]3CCC4=CC(=O)C=C[C@]4(C)[C@@]3(F)[C@@H](O)C[C@@]12C. The van der Waals surface area contributed by atoms with Crippen molar-refractivity contribution >= 4 is 17.5 Å². The Hall–Kier alpha value is -1.90. The quantitative estimate of drug-likeness (QED) is 0.625. The van der Waals surface area contributed by atoms with Gasteiger partial charge in [0.25, 0.3) is 0 Å². The molecule has 5 rings (SSSR count). The van der Waals surface area contributed by atoms with Gasteiger partial charge in [-0.05, 0) is 64.5 Å². The summed E-state index contributed by atoms with van der Waals surface area (Å²) in [6, 6.07) is 0. The molecule has 0 spiro atoms. The molecule has 1 N–H and O–H groups in total. The van der Waals surface area contributed by atoms with Gasteiger partial charge in [-0.15, -0.1) is 0 Å². The van der Waals surface area contributed by atoms with Crippen LogP contribution in [0, 0.1) is 22.7 Å². The fourth-order valence-electron chi connectivity index (χ4n) is 8.08. The molecule has 8 heteroatoms. The first kappa shape index (κ1) is 23.8. The molecule has 4 fully saturated rings. The van der Waals surface area contributed by atoms with Crippen molar-refractivity contribution in [2.24, 2.45) is 22.7 Å². The van der Waals surface area contributed by atoms with Crippen LogP contribution in [0.15, 0.2) is 23.8 Å². The first-order valence-electron chi connectivity index (χ1n) is 12.1. The Balaban J connectivity index is 1.60. The number of aliphatic hydroxyl groups excluding tert-OH is 1. The fourth-order valence-corrected chi connectivity index (χ4v) is 8.08. The van der Waals surface area contributed by atoms with Crippen LogP contribution in [0.5, 0.6) is 0 Å². The molecule has 0 amide bonds. The summed E-state index contributed by atoms with van der Waals surface area (Å²) in [6.45, 7) is 7.86. The van der Waals surface area contributed by atoms with Gasteiger partial charge in [-0.25, -0.2) is 4.39 Å². The van der Waals surface area contributed by atoms with Crippen LogP contribution in [-0.4, -0.2) is 58.5 Å². The van der Waals surface area contributed by atoms with E-state index in [0.717, 1.165) is 0 Å². The molecule has 7 nitrogen and oxygen atoms in total. The van der Waals surface area contributed by atoms with E-state index in [2.05, 4.69) is 0 Å². The summed E-state index contributed by atoms with van der Waals surface area (Å²) >= 11 is 0. The number of fused-ring (bicyclic) bond motifs is 7. The Kier molecular flexibility index (Phi) is 4.96. The summed E-state index contributed by atoms with van der Waals surface area (Å²) < 4.78 is 34.9. The third-order valence-electron chi connectivity index (χ3n) is 9.45. The molecule has 0 aromatic heterocycles. The van der Waals surface area contributed by atoms with Crippen molar-refractivity contribution in [3.8, 4) is 0 Å². The monoisotopic (exact) mass is 476 g/mol. The van der Waals surface area contributed by atoms with E-state index < -0.39 is 64.4 Å². The van der Waals surface area contributed by atoms with Gasteiger partial charge in [-0.1, -0.05) is 18.6 Å². The minimum Gasteiger partial charge on any atom is -0.458 e. The molecule has 5 aliphatic rings. The summed E-state index contributed by atoms with van der Waals surface area (Å²) in [5.41, 5.74) is -4.82. The number of hydrogen-bond acceptors (Lipinski definition) is 7. The lowest BCUT2D eigenvalue weighted by atomic mass is 9.44. The van der Waals surface area contributed by atoms with Crippen molar-refractivity contribution in [1.29, 1.82) is 0 Å². The lowest BCUT2D eigenvalue weighted by Crippen LogP contribution is -2.70. The summed E-state index contributed by atoms with van der Waals surface area (Å²) in [5.74, 6) is -3.11. The lowest BCUT2D eigenvalue weighted by Gasteiger charge is -2.62. The molecule has 1 saturated heterocycles. The van der Waals surface area contributed by atoms with Gasteiger partial charge >= 0.3 is 5.97 Å². The van der Waals surface area contributed by atoms with E-state index in [9.17, 15) is 19.5 Å². The Morgan fingerprint density at radius 2 is 1.94 bits per heavy atom. The van der Waals surface area contributed by atoms with E-state index in [4.69, 9.17) is 14.2 Å². The van der Waals surface area contributed by atoms with Crippen molar-refractivity contribution in [3.63, 3.8) is 0 Å². The van der Waals surface area contributed by atoms with Gasteiger partial charge < -0.3 is 19.3 Å². The highest BCUT2D eigenvalue weighted by atomic mass is 19.1. The van der Waals surface area contributed by atoms with Crippen LogP contribution in [-0.2, 0) is 28.6 Å². The number of alkyl halides is 1. The van der Waals surface area contributed by atoms with Crippen molar-refractivity contribution < 1.29 is 38.1 Å². The molecule has 0 aromatic rings. The molecule has 0 aromatic carbocycles. The predicted octanol–water partition coefficient (Wildman–Crippen LogP) is 2.99. The molecule has 0 unspecified atom stereocenters. The molecule has 8 atom stereocenters. The molecule has 1 heterocycles. The number of halogens is 1. The number of carbonyl (C=O) groups is 3. The Morgan fingerprint density at radius 1 is 1.24 bits per heavy atom. The zero-order valence-electron chi connectivity index (χ0n) is 20.4. The van der Waals surface area contributed by atoms with Gasteiger partial charge in [0.05, 0.1) is 12.2 Å². The van der Waals surface area contributed by atoms with Crippen LogP contribution in [0.1, 0.15) is 60.3 Å². The number of rotatable bonds is 3. The third kappa shape index (κ3) is 2.76. The molecular weight excluding hydrogens is 443 g/mol. The lowest BCUT2D eigenvalue weighted by molar-refractivity contribution is -0.246.